The molecule has 2 aliphatic rings. The highest BCUT2D eigenvalue weighted by molar-refractivity contribution is 5.81. The normalized spacial score (nSPS) is 23.8. The molecule has 2 fully saturated rings. The predicted molar refractivity (Wildman–Crippen MR) is 79.4 cm³/mol. The van der Waals surface area contributed by atoms with Crippen molar-refractivity contribution >= 4 is 5.91 Å². The summed E-state index contributed by atoms with van der Waals surface area (Å²) in [6.07, 6.45) is 4.12. The Kier molecular flexibility index (Phi) is 6.26. The Hall–Kier alpha value is -0.650. The molecule has 2 aliphatic heterocycles. The van der Waals surface area contributed by atoms with Crippen LogP contribution < -0.4 is 5.73 Å². The van der Waals surface area contributed by atoms with E-state index in [1.807, 2.05) is 4.90 Å². The summed E-state index contributed by atoms with van der Waals surface area (Å²) in [4.78, 5) is 16.6. The first-order chi connectivity index (χ1) is 9.70. The Labute approximate surface area is 122 Å². The van der Waals surface area contributed by atoms with Gasteiger partial charge < -0.3 is 15.4 Å². The Balaban J connectivity index is 1.70. The molecule has 0 aromatic rings. The molecule has 5 nitrogen and oxygen atoms in total. The summed E-state index contributed by atoms with van der Waals surface area (Å²) < 4.78 is 5.40. The van der Waals surface area contributed by atoms with Crippen LogP contribution in [-0.4, -0.2) is 67.7 Å². The Morgan fingerprint density at radius 3 is 2.50 bits per heavy atom. The number of carbonyl (C=O) groups is 1. The zero-order chi connectivity index (χ0) is 14.4. The molecule has 0 radical (unpaired) electrons. The topological polar surface area (TPSA) is 58.8 Å². The van der Waals surface area contributed by atoms with Crippen molar-refractivity contribution in [2.75, 3.05) is 45.9 Å². The number of carbonyl (C=O) groups excluding carboxylic acids is 1. The number of ether oxygens (including phenoxy) is 1. The van der Waals surface area contributed by atoms with E-state index in [-0.39, 0.29) is 11.9 Å². The van der Waals surface area contributed by atoms with E-state index in [1.165, 1.54) is 12.8 Å². The molecule has 0 saturated carbocycles. The third-order valence-electron chi connectivity index (χ3n) is 4.46. The Morgan fingerprint density at radius 2 is 1.90 bits per heavy atom. The van der Waals surface area contributed by atoms with Crippen LogP contribution in [0.4, 0.5) is 0 Å². The molecule has 116 valence electrons. The fourth-order valence-electron chi connectivity index (χ4n) is 3.11. The van der Waals surface area contributed by atoms with Crippen molar-refractivity contribution < 1.29 is 9.53 Å². The van der Waals surface area contributed by atoms with Crippen molar-refractivity contribution in [3.05, 3.63) is 0 Å². The minimum atomic E-state index is -0.304. The van der Waals surface area contributed by atoms with Gasteiger partial charge in [-0.05, 0) is 25.2 Å². The van der Waals surface area contributed by atoms with Crippen molar-refractivity contribution in [1.29, 1.82) is 0 Å². The molecule has 0 spiro atoms. The minimum Gasteiger partial charge on any atom is -0.381 e. The maximum Gasteiger partial charge on any atom is 0.239 e. The van der Waals surface area contributed by atoms with E-state index < -0.39 is 0 Å². The van der Waals surface area contributed by atoms with E-state index >= 15 is 0 Å². The first-order valence-electron chi connectivity index (χ1n) is 8.05. The van der Waals surface area contributed by atoms with Crippen LogP contribution in [0, 0.1) is 5.92 Å². The fourth-order valence-corrected chi connectivity index (χ4v) is 3.11. The number of piperazine rings is 1. The lowest BCUT2D eigenvalue weighted by Gasteiger charge is -2.38. The summed E-state index contributed by atoms with van der Waals surface area (Å²) >= 11 is 0. The lowest BCUT2D eigenvalue weighted by atomic mass is 9.99. The maximum atomic E-state index is 12.2. The first-order valence-corrected chi connectivity index (χ1v) is 8.05. The third kappa shape index (κ3) is 4.43. The van der Waals surface area contributed by atoms with Crippen molar-refractivity contribution in [3.63, 3.8) is 0 Å². The minimum absolute atomic E-state index is 0.137. The van der Waals surface area contributed by atoms with Gasteiger partial charge in [-0.15, -0.1) is 0 Å². The fraction of sp³-hybridized carbons (Fsp3) is 0.933. The molecule has 1 unspecified atom stereocenters. The molecule has 1 amide bonds. The van der Waals surface area contributed by atoms with Crippen molar-refractivity contribution in [2.45, 2.75) is 38.6 Å². The summed E-state index contributed by atoms with van der Waals surface area (Å²) in [7, 11) is 0. The van der Waals surface area contributed by atoms with Gasteiger partial charge in [-0.3, -0.25) is 9.69 Å². The molecule has 0 aliphatic carbocycles. The molecule has 0 bridgehead atoms. The number of hydrogen-bond donors (Lipinski definition) is 1. The molecule has 2 rings (SSSR count). The standard InChI is InChI=1S/C15H29N3O2/c1-2-3-14(16)15(19)18-8-6-17(7-9-18)12-13-4-10-20-11-5-13/h13-14H,2-12,16H2,1H3. The highest BCUT2D eigenvalue weighted by Crippen LogP contribution is 2.17. The average Bonchev–Trinajstić information content (AvgIpc) is 2.48. The van der Waals surface area contributed by atoms with Gasteiger partial charge in [-0.1, -0.05) is 13.3 Å². The van der Waals surface area contributed by atoms with Gasteiger partial charge in [0.25, 0.3) is 0 Å². The zero-order valence-electron chi connectivity index (χ0n) is 12.7. The van der Waals surface area contributed by atoms with Gasteiger partial charge in [0.2, 0.25) is 5.91 Å². The van der Waals surface area contributed by atoms with Crippen LogP contribution in [-0.2, 0) is 9.53 Å². The molecule has 2 heterocycles. The zero-order valence-corrected chi connectivity index (χ0v) is 12.7. The molecule has 2 saturated heterocycles. The van der Waals surface area contributed by atoms with E-state index in [1.54, 1.807) is 0 Å². The lowest BCUT2D eigenvalue weighted by Crippen LogP contribution is -2.53. The van der Waals surface area contributed by atoms with Gasteiger partial charge in [0.15, 0.2) is 0 Å². The van der Waals surface area contributed by atoms with E-state index in [0.29, 0.717) is 0 Å². The number of rotatable bonds is 5. The van der Waals surface area contributed by atoms with Crippen molar-refractivity contribution in [1.82, 2.24) is 9.80 Å². The number of hydrogen-bond acceptors (Lipinski definition) is 4. The van der Waals surface area contributed by atoms with E-state index in [2.05, 4.69) is 11.8 Å². The highest BCUT2D eigenvalue weighted by Gasteiger charge is 2.26. The van der Waals surface area contributed by atoms with Crippen molar-refractivity contribution in [2.24, 2.45) is 11.7 Å². The second-order valence-corrected chi connectivity index (χ2v) is 6.08. The van der Waals surface area contributed by atoms with Gasteiger partial charge >= 0.3 is 0 Å². The second kappa shape index (κ2) is 7.96. The Bertz CT molecular complexity index is 297. The molecular weight excluding hydrogens is 254 g/mol. The maximum absolute atomic E-state index is 12.2. The van der Waals surface area contributed by atoms with Gasteiger partial charge in [0, 0.05) is 45.9 Å². The molecule has 2 N–H and O–H groups in total. The van der Waals surface area contributed by atoms with Gasteiger partial charge in [-0.2, -0.15) is 0 Å². The first kappa shape index (κ1) is 15.7. The van der Waals surface area contributed by atoms with Gasteiger partial charge in [0.05, 0.1) is 6.04 Å². The molecule has 0 aromatic carbocycles. The van der Waals surface area contributed by atoms with Crippen LogP contribution in [0.5, 0.6) is 0 Å². The van der Waals surface area contributed by atoms with Gasteiger partial charge in [0.1, 0.15) is 0 Å². The van der Waals surface area contributed by atoms with Crippen LogP contribution in [0.1, 0.15) is 32.6 Å². The summed E-state index contributed by atoms with van der Waals surface area (Å²) in [5.74, 6) is 0.908. The molecule has 1 atom stereocenters. The van der Waals surface area contributed by atoms with Crippen LogP contribution in [0.15, 0.2) is 0 Å². The van der Waals surface area contributed by atoms with Crippen molar-refractivity contribution in [3.8, 4) is 0 Å². The van der Waals surface area contributed by atoms with E-state index in [9.17, 15) is 4.79 Å². The highest BCUT2D eigenvalue weighted by atomic mass is 16.5. The van der Waals surface area contributed by atoms with E-state index in [0.717, 1.165) is 64.7 Å². The number of nitrogens with zero attached hydrogens (tertiary/aromatic N) is 2. The van der Waals surface area contributed by atoms with Crippen LogP contribution in [0.2, 0.25) is 0 Å². The molecular formula is C15H29N3O2. The predicted octanol–water partition coefficient (Wildman–Crippen LogP) is 0.685. The van der Waals surface area contributed by atoms with Crippen LogP contribution in [0.3, 0.4) is 0 Å². The lowest BCUT2D eigenvalue weighted by molar-refractivity contribution is -0.134. The monoisotopic (exact) mass is 283 g/mol. The summed E-state index contributed by atoms with van der Waals surface area (Å²) in [6.45, 7) is 8.69. The summed E-state index contributed by atoms with van der Waals surface area (Å²) in [6, 6.07) is -0.304. The molecule has 0 aromatic heterocycles. The van der Waals surface area contributed by atoms with Crippen LogP contribution in [0.25, 0.3) is 0 Å². The van der Waals surface area contributed by atoms with E-state index in [4.69, 9.17) is 10.5 Å². The number of nitrogens with two attached hydrogens (primary N) is 1. The number of amides is 1. The largest absolute Gasteiger partial charge is 0.381 e. The molecule has 20 heavy (non-hydrogen) atoms. The second-order valence-electron chi connectivity index (χ2n) is 6.08. The quantitative estimate of drug-likeness (QED) is 0.806. The SMILES string of the molecule is CCCC(N)C(=O)N1CCN(CC2CCOCC2)CC1. The average molecular weight is 283 g/mol. The van der Waals surface area contributed by atoms with Gasteiger partial charge in [-0.25, -0.2) is 0 Å². The summed E-state index contributed by atoms with van der Waals surface area (Å²) in [5, 5.41) is 0. The third-order valence-corrected chi connectivity index (χ3v) is 4.46. The summed E-state index contributed by atoms with van der Waals surface area (Å²) in [5.41, 5.74) is 5.92. The van der Waals surface area contributed by atoms with Crippen LogP contribution >= 0.6 is 0 Å². The smallest absolute Gasteiger partial charge is 0.239 e. The Morgan fingerprint density at radius 1 is 1.25 bits per heavy atom. The molecule has 5 heteroatoms.